The Morgan fingerprint density at radius 3 is 2.47 bits per heavy atom. The number of carbonyl (C=O) groups is 1. The van der Waals surface area contributed by atoms with Gasteiger partial charge in [0.05, 0.1) is 0 Å². The van der Waals surface area contributed by atoms with Crippen LogP contribution < -0.4 is 4.90 Å². The van der Waals surface area contributed by atoms with Crippen LogP contribution in [0.5, 0.6) is 0 Å². The Hall–Kier alpha value is -3.74. The molecule has 0 spiro atoms. The summed E-state index contributed by atoms with van der Waals surface area (Å²) in [6, 6.07) is 16.3. The molecular formula is C25H25N5O2. The Labute approximate surface area is 186 Å². The smallest absolute Gasteiger partial charge is 0.298 e. The summed E-state index contributed by atoms with van der Waals surface area (Å²) in [5, 5.41) is 0. The van der Waals surface area contributed by atoms with Crippen molar-refractivity contribution in [2.75, 3.05) is 18.0 Å². The molecule has 7 heteroatoms. The number of benzene rings is 1. The van der Waals surface area contributed by atoms with E-state index in [1.165, 1.54) is 0 Å². The zero-order valence-corrected chi connectivity index (χ0v) is 17.8. The molecule has 1 aliphatic rings. The molecule has 1 aromatic carbocycles. The number of fused-ring (bicyclic) bond motifs is 1. The predicted octanol–water partition coefficient (Wildman–Crippen LogP) is 4.06. The third kappa shape index (κ3) is 4.46. The molecule has 4 aromatic rings. The number of piperidine rings is 1. The lowest BCUT2D eigenvalue weighted by Gasteiger charge is -2.33. The second-order valence-electron chi connectivity index (χ2n) is 8.14. The predicted molar refractivity (Wildman–Crippen MR) is 122 cm³/mol. The van der Waals surface area contributed by atoms with Gasteiger partial charge in [-0.2, -0.15) is 4.98 Å². The van der Waals surface area contributed by atoms with E-state index < -0.39 is 0 Å². The fourth-order valence-electron chi connectivity index (χ4n) is 4.20. The molecule has 0 aliphatic carbocycles. The van der Waals surface area contributed by atoms with Gasteiger partial charge >= 0.3 is 0 Å². The van der Waals surface area contributed by atoms with E-state index in [-0.39, 0.29) is 11.8 Å². The van der Waals surface area contributed by atoms with Gasteiger partial charge < -0.3 is 14.2 Å². The topological polar surface area (TPSA) is 75.4 Å². The first kappa shape index (κ1) is 20.2. The van der Waals surface area contributed by atoms with Gasteiger partial charge in [-0.3, -0.25) is 14.8 Å². The second-order valence-corrected chi connectivity index (χ2v) is 8.14. The van der Waals surface area contributed by atoms with Crippen molar-refractivity contribution in [1.29, 1.82) is 0 Å². The van der Waals surface area contributed by atoms with Gasteiger partial charge in [0.2, 0.25) is 5.91 Å². The number of rotatable bonds is 6. The number of carbonyl (C=O) groups excluding carboxylic acids is 1. The molecule has 1 amide bonds. The normalized spacial score (nSPS) is 14.6. The van der Waals surface area contributed by atoms with E-state index in [0.717, 1.165) is 48.2 Å². The summed E-state index contributed by atoms with van der Waals surface area (Å²) in [7, 11) is 0. The number of nitrogens with zero attached hydrogens (tertiary/aromatic N) is 5. The first-order valence-corrected chi connectivity index (χ1v) is 10.9. The van der Waals surface area contributed by atoms with Gasteiger partial charge in [-0.1, -0.05) is 18.2 Å². The van der Waals surface area contributed by atoms with Crippen molar-refractivity contribution in [3.63, 3.8) is 0 Å². The number of hydrogen-bond acceptors (Lipinski definition) is 6. The molecule has 0 atom stereocenters. The molecule has 0 N–H and O–H groups in total. The Morgan fingerprint density at radius 1 is 0.938 bits per heavy atom. The molecule has 1 saturated heterocycles. The lowest BCUT2D eigenvalue weighted by molar-refractivity contribution is -0.137. The van der Waals surface area contributed by atoms with E-state index in [9.17, 15) is 4.79 Å². The van der Waals surface area contributed by atoms with Gasteiger partial charge in [-0.15, -0.1) is 0 Å². The van der Waals surface area contributed by atoms with Gasteiger partial charge in [0.15, 0.2) is 5.58 Å². The Balaban J connectivity index is 1.28. The molecule has 0 radical (unpaired) electrons. The van der Waals surface area contributed by atoms with Crippen LogP contribution >= 0.6 is 0 Å². The lowest BCUT2D eigenvalue weighted by atomic mass is 9.95. The van der Waals surface area contributed by atoms with Crippen LogP contribution in [-0.4, -0.2) is 38.8 Å². The highest BCUT2D eigenvalue weighted by Gasteiger charge is 2.30. The summed E-state index contributed by atoms with van der Waals surface area (Å²) in [6.07, 6.45) is 8.65. The molecule has 3 aromatic heterocycles. The van der Waals surface area contributed by atoms with Crippen LogP contribution in [0.15, 0.2) is 77.7 Å². The number of para-hydroxylation sites is 2. The number of hydrogen-bond donors (Lipinski definition) is 0. The van der Waals surface area contributed by atoms with E-state index in [0.29, 0.717) is 19.1 Å². The van der Waals surface area contributed by atoms with Crippen LogP contribution in [0.25, 0.3) is 11.1 Å². The second kappa shape index (κ2) is 9.18. The van der Waals surface area contributed by atoms with Crippen molar-refractivity contribution in [2.24, 2.45) is 5.92 Å². The number of anilines is 1. The van der Waals surface area contributed by atoms with Crippen LogP contribution in [0.3, 0.4) is 0 Å². The zero-order valence-electron chi connectivity index (χ0n) is 17.8. The van der Waals surface area contributed by atoms with Crippen LogP contribution in [0, 0.1) is 5.92 Å². The van der Waals surface area contributed by atoms with E-state index in [1.807, 2.05) is 59.6 Å². The van der Waals surface area contributed by atoms with Gasteiger partial charge in [-0.05, 0) is 54.3 Å². The lowest BCUT2D eigenvalue weighted by Crippen LogP contribution is -2.42. The Morgan fingerprint density at radius 2 is 1.72 bits per heavy atom. The minimum absolute atomic E-state index is 0.0193. The highest BCUT2D eigenvalue weighted by molar-refractivity contribution is 5.79. The van der Waals surface area contributed by atoms with Crippen molar-refractivity contribution < 1.29 is 9.21 Å². The molecule has 5 rings (SSSR count). The number of pyridine rings is 2. The monoisotopic (exact) mass is 427 g/mol. The van der Waals surface area contributed by atoms with E-state index >= 15 is 0 Å². The molecule has 32 heavy (non-hydrogen) atoms. The van der Waals surface area contributed by atoms with Crippen LogP contribution in [0.1, 0.15) is 24.0 Å². The standard InChI is InChI=1S/C25H25N5O2/c31-24(30(17-19-7-12-26-13-8-19)18-20-4-3-11-27-16-20)21-9-14-29(15-10-21)25-28-22-5-1-2-6-23(22)32-25/h1-8,11-13,16,21H,9-10,14-15,17-18H2. The number of oxazole rings is 1. The third-order valence-corrected chi connectivity index (χ3v) is 5.93. The fraction of sp³-hybridized carbons (Fsp3) is 0.280. The number of amides is 1. The maximum absolute atomic E-state index is 13.5. The molecule has 1 aliphatic heterocycles. The minimum atomic E-state index is -0.0193. The van der Waals surface area contributed by atoms with E-state index in [4.69, 9.17) is 4.42 Å². The first-order valence-electron chi connectivity index (χ1n) is 10.9. The molecule has 0 saturated carbocycles. The third-order valence-electron chi connectivity index (χ3n) is 5.93. The van der Waals surface area contributed by atoms with E-state index in [2.05, 4.69) is 19.9 Å². The average molecular weight is 428 g/mol. The van der Waals surface area contributed by atoms with E-state index in [1.54, 1.807) is 18.6 Å². The molecule has 7 nitrogen and oxygen atoms in total. The van der Waals surface area contributed by atoms with Crippen molar-refractivity contribution in [2.45, 2.75) is 25.9 Å². The van der Waals surface area contributed by atoms with Crippen molar-refractivity contribution in [1.82, 2.24) is 19.9 Å². The summed E-state index contributed by atoms with van der Waals surface area (Å²) < 4.78 is 5.92. The molecule has 4 heterocycles. The van der Waals surface area contributed by atoms with Crippen LogP contribution in [0.4, 0.5) is 6.01 Å². The first-order chi connectivity index (χ1) is 15.8. The summed E-state index contributed by atoms with van der Waals surface area (Å²) in [6.45, 7) is 2.60. The molecule has 0 unspecified atom stereocenters. The van der Waals surface area contributed by atoms with Crippen molar-refractivity contribution >= 4 is 23.0 Å². The highest BCUT2D eigenvalue weighted by Crippen LogP contribution is 2.28. The highest BCUT2D eigenvalue weighted by atomic mass is 16.4. The Kier molecular flexibility index (Phi) is 5.79. The van der Waals surface area contributed by atoms with Gasteiger partial charge in [-0.25, -0.2) is 0 Å². The maximum atomic E-state index is 13.5. The summed E-state index contributed by atoms with van der Waals surface area (Å²) >= 11 is 0. The zero-order chi connectivity index (χ0) is 21.8. The van der Waals surface area contributed by atoms with Crippen molar-refractivity contribution in [3.8, 4) is 0 Å². The average Bonchev–Trinajstić information content (AvgIpc) is 3.29. The number of aromatic nitrogens is 3. The van der Waals surface area contributed by atoms with Gasteiger partial charge in [0.25, 0.3) is 6.01 Å². The summed E-state index contributed by atoms with van der Waals surface area (Å²) in [5.41, 5.74) is 3.75. The van der Waals surface area contributed by atoms with Gasteiger partial charge in [0.1, 0.15) is 5.52 Å². The van der Waals surface area contributed by atoms with Crippen LogP contribution in [0.2, 0.25) is 0 Å². The maximum Gasteiger partial charge on any atom is 0.298 e. The SMILES string of the molecule is O=C(C1CCN(c2nc3ccccc3o2)CC1)N(Cc1ccncc1)Cc1cccnc1. The largest absolute Gasteiger partial charge is 0.423 e. The van der Waals surface area contributed by atoms with Crippen LogP contribution in [-0.2, 0) is 17.9 Å². The molecule has 0 bridgehead atoms. The van der Waals surface area contributed by atoms with Crippen molar-refractivity contribution in [3.05, 3.63) is 84.4 Å². The fourth-order valence-corrected chi connectivity index (χ4v) is 4.20. The van der Waals surface area contributed by atoms with Gasteiger partial charge in [0, 0.05) is 56.9 Å². The Bertz CT molecular complexity index is 1100. The molecule has 162 valence electrons. The molecule has 1 fully saturated rings. The quantitative estimate of drug-likeness (QED) is 0.462. The molecular weight excluding hydrogens is 402 g/mol. The summed E-state index contributed by atoms with van der Waals surface area (Å²) in [5.74, 6) is 0.164. The minimum Gasteiger partial charge on any atom is -0.423 e. The summed E-state index contributed by atoms with van der Waals surface area (Å²) in [4.78, 5) is 30.5.